The third kappa shape index (κ3) is 5.37. The lowest BCUT2D eigenvalue weighted by atomic mass is 9.76. The third-order valence-corrected chi connectivity index (χ3v) is 6.86. The molecule has 2 aromatic carbocycles. The molecule has 0 aliphatic carbocycles. The van der Waals surface area contributed by atoms with Crippen molar-refractivity contribution in [1.82, 2.24) is 14.8 Å². The standard InChI is InChI=1S/C29H29N3O3/c1-31(20-23-11-16-30-17-12-23)28(33)24-4-8-27(9-5-24)35-26-6-2-22(3-7-26)10-15-29(34)21-32-18-13-25(29)14-19-32/h2-9,11-12,16-17,25,34H,13-14,18-21H2,1H3/t29-/m0/s1. The summed E-state index contributed by atoms with van der Waals surface area (Å²) in [5.74, 6) is 7.84. The van der Waals surface area contributed by atoms with Gasteiger partial charge in [0.05, 0.1) is 0 Å². The number of ether oxygens (including phenoxy) is 1. The second-order valence-corrected chi connectivity index (χ2v) is 9.39. The number of fused-ring (bicyclic) bond motifs is 3. The number of pyridine rings is 1. The Kier molecular flexibility index (Phi) is 6.54. The Hall–Kier alpha value is -3.66. The summed E-state index contributed by atoms with van der Waals surface area (Å²) in [6.45, 7) is 3.30. The van der Waals surface area contributed by atoms with Gasteiger partial charge < -0.3 is 14.7 Å². The van der Waals surface area contributed by atoms with Crippen LogP contribution in [-0.2, 0) is 6.54 Å². The molecule has 0 radical (unpaired) electrons. The van der Waals surface area contributed by atoms with Gasteiger partial charge in [0.2, 0.25) is 0 Å². The molecule has 0 spiro atoms. The maximum absolute atomic E-state index is 12.7. The van der Waals surface area contributed by atoms with E-state index in [0.29, 0.717) is 30.2 Å². The topological polar surface area (TPSA) is 65.9 Å². The van der Waals surface area contributed by atoms with Gasteiger partial charge in [0.15, 0.2) is 0 Å². The zero-order valence-electron chi connectivity index (χ0n) is 19.9. The first-order valence-corrected chi connectivity index (χ1v) is 12.0. The van der Waals surface area contributed by atoms with Crippen LogP contribution >= 0.6 is 0 Å². The molecule has 6 heteroatoms. The minimum atomic E-state index is -0.906. The van der Waals surface area contributed by atoms with Gasteiger partial charge in [0.1, 0.15) is 17.1 Å². The summed E-state index contributed by atoms with van der Waals surface area (Å²) < 4.78 is 5.94. The number of nitrogens with zero attached hydrogens (tertiary/aromatic N) is 3. The molecule has 3 aliphatic rings. The summed E-state index contributed by atoms with van der Waals surface area (Å²) in [6.07, 6.45) is 5.48. The Morgan fingerprint density at radius 3 is 2.29 bits per heavy atom. The van der Waals surface area contributed by atoms with Crippen molar-refractivity contribution in [1.29, 1.82) is 0 Å². The fourth-order valence-electron chi connectivity index (χ4n) is 4.82. The highest BCUT2D eigenvalue weighted by molar-refractivity contribution is 5.94. The number of carbonyl (C=O) groups is 1. The first kappa shape index (κ1) is 23.1. The first-order chi connectivity index (χ1) is 17.0. The lowest BCUT2D eigenvalue weighted by Crippen LogP contribution is -2.58. The van der Waals surface area contributed by atoms with Gasteiger partial charge in [-0.05, 0) is 92.2 Å². The first-order valence-electron chi connectivity index (χ1n) is 12.0. The van der Waals surface area contributed by atoms with E-state index in [1.54, 1.807) is 48.6 Å². The molecule has 178 valence electrons. The van der Waals surface area contributed by atoms with Gasteiger partial charge in [0.25, 0.3) is 5.91 Å². The largest absolute Gasteiger partial charge is 0.457 e. The molecule has 0 saturated carbocycles. The van der Waals surface area contributed by atoms with Crippen molar-refractivity contribution in [2.75, 3.05) is 26.7 Å². The number of hydrogen-bond donors (Lipinski definition) is 1. The van der Waals surface area contributed by atoms with Crippen LogP contribution < -0.4 is 4.74 Å². The summed E-state index contributed by atoms with van der Waals surface area (Å²) in [5, 5.41) is 11.0. The van der Waals surface area contributed by atoms with Crippen LogP contribution in [0.4, 0.5) is 0 Å². The average Bonchev–Trinajstić information content (AvgIpc) is 2.89. The Morgan fingerprint density at radius 1 is 1.06 bits per heavy atom. The van der Waals surface area contributed by atoms with Crippen LogP contribution in [-0.4, -0.2) is 58.1 Å². The summed E-state index contributed by atoms with van der Waals surface area (Å²) >= 11 is 0. The molecule has 0 unspecified atom stereocenters. The Morgan fingerprint density at radius 2 is 1.69 bits per heavy atom. The zero-order chi connectivity index (χ0) is 24.3. The second kappa shape index (κ2) is 9.91. The summed E-state index contributed by atoms with van der Waals surface area (Å²) in [5.41, 5.74) is 1.57. The van der Waals surface area contributed by atoms with Gasteiger partial charge >= 0.3 is 0 Å². The van der Waals surface area contributed by atoms with E-state index < -0.39 is 5.60 Å². The van der Waals surface area contributed by atoms with Crippen molar-refractivity contribution >= 4 is 5.91 Å². The van der Waals surface area contributed by atoms with Crippen LogP contribution in [0.15, 0.2) is 73.1 Å². The van der Waals surface area contributed by atoms with Crippen molar-refractivity contribution in [2.24, 2.45) is 5.92 Å². The van der Waals surface area contributed by atoms with Gasteiger partial charge in [0, 0.05) is 49.6 Å². The third-order valence-electron chi connectivity index (χ3n) is 6.86. The maximum Gasteiger partial charge on any atom is 0.253 e. The van der Waals surface area contributed by atoms with E-state index in [-0.39, 0.29) is 11.8 Å². The van der Waals surface area contributed by atoms with Crippen LogP contribution in [0.25, 0.3) is 0 Å². The summed E-state index contributed by atoms with van der Waals surface area (Å²) in [4.78, 5) is 20.7. The van der Waals surface area contributed by atoms with Gasteiger partial charge in [-0.25, -0.2) is 0 Å². The Labute approximate surface area is 206 Å². The van der Waals surface area contributed by atoms with Crippen molar-refractivity contribution in [2.45, 2.75) is 25.0 Å². The van der Waals surface area contributed by atoms with Gasteiger partial charge in [-0.3, -0.25) is 14.7 Å². The molecule has 3 aromatic rings. The SMILES string of the molecule is CN(Cc1ccncc1)C(=O)c1ccc(Oc2ccc(C#C[C@]3(O)CN4CCC3CC4)cc2)cc1. The number of benzene rings is 2. The molecule has 6 rings (SSSR count). The number of aromatic nitrogens is 1. The molecule has 35 heavy (non-hydrogen) atoms. The minimum Gasteiger partial charge on any atom is -0.457 e. The molecule has 6 nitrogen and oxygen atoms in total. The smallest absolute Gasteiger partial charge is 0.253 e. The van der Waals surface area contributed by atoms with Crippen molar-refractivity contribution in [3.8, 4) is 23.3 Å². The molecule has 4 heterocycles. The van der Waals surface area contributed by atoms with E-state index in [2.05, 4.69) is 21.7 Å². The molecule has 3 saturated heterocycles. The molecular weight excluding hydrogens is 438 g/mol. The van der Waals surface area contributed by atoms with Gasteiger partial charge in [-0.2, -0.15) is 0 Å². The number of carbonyl (C=O) groups excluding carboxylic acids is 1. The van der Waals surface area contributed by atoms with Gasteiger partial charge in [-0.1, -0.05) is 11.8 Å². The molecule has 1 N–H and O–H groups in total. The van der Waals surface area contributed by atoms with Crippen LogP contribution in [0.3, 0.4) is 0 Å². The number of aliphatic hydroxyl groups is 1. The van der Waals surface area contributed by atoms with Crippen molar-refractivity contribution in [3.63, 3.8) is 0 Å². The molecule has 3 fully saturated rings. The quantitative estimate of drug-likeness (QED) is 0.576. The molecule has 3 aliphatic heterocycles. The van der Waals surface area contributed by atoms with Crippen LogP contribution in [0.2, 0.25) is 0 Å². The fourth-order valence-corrected chi connectivity index (χ4v) is 4.82. The lowest BCUT2D eigenvalue weighted by molar-refractivity contribution is -0.0713. The Balaban J connectivity index is 1.18. The number of piperidine rings is 3. The monoisotopic (exact) mass is 467 g/mol. The van der Waals surface area contributed by atoms with E-state index in [1.807, 2.05) is 36.4 Å². The molecule has 1 amide bonds. The van der Waals surface area contributed by atoms with Crippen LogP contribution in [0.1, 0.15) is 34.3 Å². The molecule has 1 aromatic heterocycles. The van der Waals surface area contributed by atoms with E-state index in [0.717, 1.165) is 37.1 Å². The summed E-state index contributed by atoms with van der Waals surface area (Å²) in [6, 6.07) is 18.5. The highest BCUT2D eigenvalue weighted by atomic mass is 16.5. The summed E-state index contributed by atoms with van der Waals surface area (Å²) in [7, 11) is 1.78. The van der Waals surface area contributed by atoms with Crippen molar-refractivity contribution < 1.29 is 14.6 Å². The minimum absolute atomic E-state index is 0.0547. The normalized spacial score (nSPS) is 22.7. The molecule has 2 bridgehead atoms. The predicted molar refractivity (Wildman–Crippen MR) is 134 cm³/mol. The van der Waals surface area contributed by atoms with Crippen molar-refractivity contribution in [3.05, 3.63) is 89.7 Å². The highest BCUT2D eigenvalue weighted by Crippen LogP contribution is 2.35. The molecule has 1 atom stereocenters. The average molecular weight is 468 g/mol. The molecular formula is C29H29N3O3. The second-order valence-electron chi connectivity index (χ2n) is 9.39. The van der Waals surface area contributed by atoms with Gasteiger partial charge in [-0.15, -0.1) is 0 Å². The van der Waals surface area contributed by atoms with E-state index in [1.165, 1.54) is 0 Å². The maximum atomic E-state index is 12.7. The zero-order valence-corrected chi connectivity index (χ0v) is 19.9. The number of hydrogen-bond acceptors (Lipinski definition) is 5. The number of amides is 1. The Bertz CT molecular complexity index is 1220. The van der Waals surface area contributed by atoms with E-state index >= 15 is 0 Å². The van der Waals surface area contributed by atoms with Crippen LogP contribution in [0, 0.1) is 17.8 Å². The lowest BCUT2D eigenvalue weighted by Gasteiger charge is -2.47. The fraction of sp³-hybridized carbons (Fsp3) is 0.310. The predicted octanol–water partition coefficient (Wildman–Crippen LogP) is 3.95. The number of rotatable bonds is 5. The van der Waals surface area contributed by atoms with E-state index in [9.17, 15) is 9.90 Å². The highest BCUT2D eigenvalue weighted by Gasteiger charge is 2.44. The van der Waals surface area contributed by atoms with Crippen LogP contribution in [0.5, 0.6) is 11.5 Å². The van der Waals surface area contributed by atoms with E-state index in [4.69, 9.17) is 4.74 Å².